The fourth-order valence-corrected chi connectivity index (χ4v) is 2.24. The van der Waals surface area contributed by atoms with E-state index >= 15 is 0 Å². The first-order valence-corrected chi connectivity index (χ1v) is 5.93. The zero-order valence-corrected chi connectivity index (χ0v) is 9.53. The van der Waals surface area contributed by atoms with Crippen LogP contribution in [0.5, 0.6) is 0 Å². The highest BCUT2D eigenvalue weighted by molar-refractivity contribution is 4.86. The highest BCUT2D eigenvalue weighted by Gasteiger charge is 2.31. The van der Waals surface area contributed by atoms with Crippen molar-refractivity contribution in [2.24, 2.45) is 11.3 Å². The molecule has 1 fully saturated rings. The number of rotatable bonds is 5. The summed E-state index contributed by atoms with van der Waals surface area (Å²) < 4.78 is 0. The van der Waals surface area contributed by atoms with Crippen LogP contribution in [-0.2, 0) is 0 Å². The molecule has 1 heterocycles. The van der Waals surface area contributed by atoms with E-state index in [9.17, 15) is 0 Å². The average Bonchev–Trinajstić information content (AvgIpc) is 2.63. The van der Waals surface area contributed by atoms with E-state index in [2.05, 4.69) is 26.1 Å². The van der Waals surface area contributed by atoms with Crippen LogP contribution in [0.3, 0.4) is 0 Å². The lowest BCUT2D eigenvalue weighted by Crippen LogP contribution is -2.23. The summed E-state index contributed by atoms with van der Waals surface area (Å²) in [5.41, 5.74) is 0.656. The molecule has 0 aromatic heterocycles. The van der Waals surface area contributed by atoms with Crippen molar-refractivity contribution in [1.29, 1.82) is 0 Å². The summed E-state index contributed by atoms with van der Waals surface area (Å²) in [6.07, 6.45) is 6.96. The highest BCUT2D eigenvalue weighted by Crippen LogP contribution is 2.35. The predicted molar refractivity (Wildman–Crippen MR) is 58.9 cm³/mol. The van der Waals surface area contributed by atoms with Gasteiger partial charge in [0.1, 0.15) is 0 Å². The Bertz CT molecular complexity index is 136. The molecule has 13 heavy (non-hydrogen) atoms. The maximum Gasteiger partial charge on any atom is 0.000819 e. The Morgan fingerprint density at radius 2 is 2.15 bits per heavy atom. The summed E-state index contributed by atoms with van der Waals surface area (Å²) in [5.74, 6) is 0.920. The minimum atomic E-state index is 0.656. The van der Waals surface area contributed by atoms with Crippen LogP contribution in [0.1, 0.15) is 52.9 Å². The maximum absolute atomic E-state index is 3.51. The van der Waals surface area contributed by atoms with Gasteiger partial charge in [-0.15, -0.1) is 0 Å². The molecule has 0 radical (unpaired) electrons. The molecular formula is C12H25N. The zero-order valence-electron chi connectivity index (χ0n) is 9.53. The van der Waals surface area contributed by atoms with Crippen LogP contribution in [0.4, 0.5) is 0 Å². The lowest BCUT2D eigenvalue weighted by Gasteiger charge is -2.27. The molecule has 1 nitrogen and oxygen atoms in total. The van der Waals surface area contributed by atoms with Gasteiger partial charge >= 0.3 is 0 Å². The Balaban J connectivity index is 2.31. The van der Waals surface area contributed by atoms with Crippen LogP contribution in [-0.4, -0.2) is 13.1 Å². The first kappa shape index (κ1) is 11.0. The topological polar surface area (TPSA) is 12.0 Å². The molecule has 78 valence electrons. The molecule has 0 aromatic rings. The van der Waals surface area contributed by atoms with E-state index < -0.39 is 0 Å². The van der Waals surface area contributed by atoms with Crippen molar-refractivity contribution < 1.29 is 0 Å². The van der Waals surface area contributed by atoms with Crippen molar-refractivity contribution in [2.45, 2.75) is 52.9 Å². The second-order valence-corrected chi connectivity index (χ2v) is 4.83. The third-order valence-electron chi connectivity index (χ3n) is 3.95. The molecule has 0 spiro atoms. The smallest absolute Gasteiger partial charge is 0.000819 e. The fourth-order valence-electron chi connectivity index (χ4n) is 2.24. The standard InChI is InChI=1S/C12H25N/c1-4-11(3)6-7-12(5-2)8-9-13-10-12/h11,13H,4-10H2,1-3H3. The van der Waals surface area contributed by atoms with Crippen molar-refractivity contribution >= 4 is 0 Å². The van der Waals surface area contributed by atoms with Gasteiger partial charge in [0.25, 0.3) is 0 Å². The van der Waals surface area contributed by atoms with Crippen molar-refractivity contribution in [3.8, 4) is 0 Å². The van der Waals surface area contributed by atoms with E-state index in [-0.39, 0.29) is 0 Å². The Labute approximate surface area is 83.3 Å². The molecule has 1 heteroatoms. The monoisotopic (exact) mass is 183 g/mol. The molecule has 2 unspecified atom stereocenters. The van der Waals surface area contributed by atoms with Gasteiger partial charge in [0.2, 0.25) is 0 Å². The largest absolute Gasteiger partial charge is 0.316 e. The predicted octanol–water partition coefficient (Wildman–Crippen LogP) is 3.20. The van der Waals surface area contributed by atoms with Crippen molar-refractivity contribution in [3.05, 3.63) is 0 Å². The van der Waals surface area contributed by atoms with Gasteiger partial charge in [-0.1, -0.05) is 33.6 Å². The summed E-state index contributed by atoms with van der Waals surface area (Å²) in [7, 11) is 0. The quantitative estimate of drug-likeness (QED) is 0.690. The van der Waals surface area contributed by atoms with Gasteiger partial charge in [0.15, 0.2) is 0 Å². The van der Waals surface area contributed by atoms with E-state index in [4.69, 9.17) is 0 Å². The third-order valence-corrected chi connectivity index (χ3v) is 3.95. The van der Waals surface area contributed by atoms with Crippen molar-refractivity contribution in [2.75, 3.05) is 13.1 Å². The third kappa shape index (κ3) is 2.98. The molecular weight excluding hydrogens is 158 g/mol. The van der Waals surface area contributed by atoms with Gasteiger partial charge in [0, 0.05) is 6.54 Å². The Hall–Kier alpha value is -0.0400. The van der Waals surface area contributed by atoms with Crippen LogP contribution in [0.2, 0.25) is 0 Å². The maximum atomic E-state index is 3.51. The number of hydrogen-bond acceptors (Lipinski definition) is 1. The first-order chi connectivity index (χ1) is 6.22. The van der Waals surface area contributed by atoms with E-state index in [0.717, 1.165) is 5.92 Å². The van der Waals surface area contributed by atoms with Crippen LogP contribution in [0, 0.1) is 11.3 Å². The minimum Gasteiger partial charge on any atom is -0.316 e. The van der Waals surface area contributed by atoms with Gasteiger partial charge in [-0.2, -0.15) is 0 Å². The molecule has 1 saturated heterocycles. The minimum absolute atomic E-state index is 0.656. The molecule has 0 aliphatic carbocycles. The first-order valence-electron chi connectivity index (χ1n) is 5.93. The van der Waals surface area contributed by atoms with Gasteiger partial charge in [-0.25, -0.2) is 0 Å². The van der Waals surface area contributed by atoms with Crippen LogP contribution in [0.15, 0.2) is 0 Å². The zero-order chi connectivity index (χ0) is 9.73. The molecule has 0 saturated carbocycles. The number of hydrogen-bond donors (Lipinski definition) is 1. The van der Waals surface area contributed by atoms with Crippen molar-refractivity contribution in [1.82, 2.24) is 5.32 Å². The molecule has 0 aromatic carbocycles. The normalized spacial score (nSPS) is 30.7. The fraction of sp³-hybridized carbons (Fsp3) is 1.00. The number of nitrogens with one attached hydrogen (secondary N) is 1. The van der Waals surface area contributed by atoms with Crippen molar-refractivity contribution in [3.63, 3.8) is 0 Å². The van der Waals surface area contributed by atoms with E-state index in [0.29, 0.717) is 5.41 Å². The van der Waals surface area contributed by atoms with E-state index in [1.807, 2.05) is 0 Å². The lowest BCUT2D eigenvalue weighted by atomic mass is 9.78. The SMILES string of the molecule is CCC(C)CCC1(CC)CCNC1. The molecule has 1 N–H and O–H groups in total. The Morgan fingerprint density at radius 3 is 2.62 bits per heavy atom. The molecule has 0 bridgehead atoms. The molecule has 1 aliphatic rings. The van der Waals surface area contributed by atoms with Gasteiger partial charge < -0.3 is 5.32 Å². The van der Waals surface area contributed by atoms with Gasteiger partial charge in [0.05, 0.1) is 0 Å². The second kappa shape index (κ2) is 4.99. The summed E-state index contributed by atoms with van der Waals surface area (Å²) in [6.45, 7) is 9.54. The summed E-state index contributed by atoms with van der Waals surface area (Å²) in [5, 5.41) is 3.51. The Kier molecular flexibility index (Phi) is 4.24. The molecule has 1 rings (SSSR count). The molecule has 1 aliphatic heterocycles. The summed E-state index contributed by atoms with van der Waals surface area (Å²) in [6, 6.07) is 0. The van der Waals surface area contributed by atoms with E-state index in [1.165, 1.54) is 45.2 Å². The van der Waals surface area contributed by atoms with Gasteiger partial charge in [-0.05, 0) is 37.1 Å². The Morgan fingerprint density at radius 1 is 1.38 bits per heavy atom. The molecule has 0 amide bonds. The van der Waals surface area contributed by atoms with E-state index in [1.54, 1.807) is 0 Å². The summed E-state index contributed by atoms with van der Waals surface area (Å²) in [4.78, 5) is 0. The second-order valence-electron chi connectivity index (χ2n) is 4.83. The van der Waals surface area contributed by atoms with Gasteiger partial charge in [-0.3, -0.25) is 0 Å². The highest BCUT2D eigenvalue weighted by atomic mass is 14.9. The molecule has 2 atom stereocenters. The summed E-state index contributed by atoms with van der Waals surface area (Å²) >= 11 is 0. The average molecular weight is 183 g/mol. The van der Waals surface area contributed by atoms with Crippen LogP contribution >= 0.6 is 0 Å². The van der Waals surface area contributed by atoms with Crippen LogP contribution in [0.25, 0.3) is 0 Å². The lowest BCUT2D eigenvalue weighted by molar-refractivity contribution is 0.255. The van der Waals surface area contributed by atoms with Crippen LogP contribution < -0.4 is 5.32 Å².